The van der Waals surface area contributed by atoms with Gasteiger partial charge in [0.25, 0.3) is 0 Å². The number of hydrogen-bond acceptors (Lipinski definition) is 3. The maximum Gasteiger partial charge on any atom is 0.416 e. The first kappa shape index (κ1) is 22.9. The molecule has 0 spiro atoms. The van der Waals surface area contributed by atoms with Crippen molar-refractivity contribution in [2.75, 3.05) is 13.1 Å². The number of nitrogens with zero attached hydrogens (tertiary/aromatic N) is 3. The van der Waals surface area contributed by atoms with E-state index in [1.165, 1.54) is 6.07 Å². The second-order valence-electron chi connectivity index (χ2n) is 9.42. The Kier molecular flexibility index (Phi) is 6.10. The lowest BCUT2D eigenvalue weighted by Crippen LogP contribution is -2.40. The number of rotatable bonds is 5. The summed E-state index contributed by atoms with van der Waals surface area (Å²) in [5.74, 6) is 1.59. The molecule has 1 aromatic heterocycles. The summed E-state index contributed by atoms with van der Waals surface area (Å²) in [5, 5.41) is 0. The van der Waals surface area contributed by atoms with Gasteiger partial charge in [0.05, 0.1) is 11.6 Å². The van der Waals surface area contributed by atoms with Crippen LogP contribution in [0.5, 0.6) is 5.75 Å². The minimum Gasteiger partial charge on any atom is -0.485 e. The topological polar surface area (TPSA) is 30.3 Å². The molecule has 0 unspecified atom stereocenters. The highest BCUT2D eigenvalue weighted by molar-refractivity contribution is 5.25. The Hall–Kier alpha value is -2.87. The van der Waals surface area contributed by atoms with Crippen LogP contribution < -0.4 is 4.74 Å². The number of aryl methyl sites for hydroxylation is 1. The fourth-order valence-corrected chi connectivity index (χ4v) is 5.53. The van der Waals surface area contributed by atoms with Crippen molar-refractivity contribution < 1.29 is 22.3 Å². The van der Waals surface area contributed by atoms with Gasteiger partial charge in [-0.05, 0) is 61.4 Å². The van der Waals surface area contributed by atoms with Crippen molar-refractivity contribution in [2.24, 2.45) is 11.8 Å². The Morgan fingerprint density at radius 2 is 1.71 bits per heavy atom. The molecule has 0 amide bonds. The maximum atomic E-state index is 14.3. The molecule has 1 saturated heterocycles. The SMILES string of the molecule is Cc1nccn1[C@H]1C[C@H]2CN(Cc3ccc(C(F)(F)F)cc3)C[C@H]2C[C@@H]1Oc1ccccc1F. The fourth-order valence-electron chi connectivity index (χ4n) is 5.53. The van der Waals surface area contributed by atoms with Gasteiger partial charge in [0, 0.05) is 32.0 Å². The van der Waals surface area contributed by atoms with Crippen molar-refractivity contribution in [3.8, 4) is 5.75 Å². The van der Waals surface area contributed by atoms with E-state index in [9.17, 15) is 17.6 Å². The Morgan fingerprint density at radius 3 is 2.35 bits per heavy atom. The molecule has 3 aromatic rings. The van der Waals surface area contributed by atoms with Gasteiger partial charge >= 0.3 is 6.18 Å². The number of benzene rings is 2. The monoisotopic (exact) mass is 473 g/mol. The quantitative estimate of drug-likeness (QED) is 0.434. The van der Waals surface area contributed by atoms with E-state index in [4.69, 9.17) is 4.74 Å². The summed E-state index contributed by atoms with van der Waals surface area (Å²) in [4.78, 5) is 6.68. The third-order valence-electron chi connectivity index (χ3n) is 7.18. The molecule has 2 aromatic carbocycles. The summed E-state index contributed by atoms with van der Waals surface area (Å²) >= 11 is 0. The van der Waals surface area contributed by atoms with E-state index in [1.807, 2.05) is 13.1 Å². The van der Waals surface area contributed by atoms with E-state index in [2.05, 4.69) is 14.5 Å². The van der Waals surface area contributed by atoms with Crippen LogP contribution >= 0.6 is 0 Å². The van der Waals surface area contributed by atoms with Gasteiger partial charge in [-0.3, -0.25) is 4.90 Å². The standard InChI is InChI=1S/C26H27F4N3O/c1-17-31-10-11-33(17)23-12-19-15-32(14-18-6-8-21(9-7-18)26(28,29)30)16-20(19)13-25(23)34-24-5-3-2-4-22(24)27/h2-11,19-20,23,25H,12-16H2,1H3/t19-,20+,23-,25-/m0/s1. The summed E-state index contributed by atoms with van der Waals surface area (Å²) in [6.07, 6.45) is 0.863. The molecule has 5 rings (SSSR count). The Morgan fingerprint density at radius 1 is 1.00 bits per heavy atom. The second-order valence-corrected chi connectivity index (χ2v) is 9.42. The molecule has 4 nitrogen and oxygen atoms in total. The summed E-state index contributed by atoms with van der Waals surface area (Å²) in [7, 11) is 0. The minimum atomic E-state index is -4.32. The largest absolute Gasteiger partial charge is 0.485 e. The highest BCUT2D eigenvalue weighted by Gasteiger charge is 2.44. The first-order chi connectivity index (χ1) is 16.3. The van der Waals surface area contributed by atoms with Gasteiger partial charge in [-0.2, -0.15) is 13.2 Å². The van der Waals surface area contributed by atoms with Crippen molar-refractivity contribution >= 4 is 0 Å². The lowest BCUT2D eigenvalue weighted by Gasteiger charge is -2.39. The zero-order valence-corrected chi connectivity index (χ0v) is 18.9. The number of ether oxygens (including phenoxy) is 1. The second kappa shape index (κ2) is 9.06. The lowest BCUT2D eigenvalue weighted by molar-refractivity contribution is -0.137. The highest BCUT2D eigenvalue weighted by atomic mass is 19.4. The van der Waals surface area contributed by atoms with Crippen molar-refractivity contribution in [1.29, 1.82) is 0 Å². The van der Waals surface area contributed by atoms with E-state index in [0.717, 1.165) is 49.5 Å². The fraction of sp³-hybridized carbons (Fsp3) is 0.423. The Bertz CT molecular complexity index is 1130. The Balaban J connectivity index is 1.32. The van der Waals surface area contributed by atoms with Gasteiger partial charge in [0.15, 0.2) is 11.6 Å². The molecule has 1 aliphatic heterocycles. The number of imidazole rings is 1. The number of hydrogen-bond donors (Lipinski definition) is 0. The molecular weight excluding hydrogens is 446 g/mol. The van der Waals surface area contributed by atoms with Gasteiger partial charge in [-0.15, -0.1) is 0 Å². The molecule has 180 valence electrons. The van der Waals surface area contributed by atoms with Gasteiger partial charge in [-0.1, -0.05) is 24.3 Å². The molecule has 0 radical (unpaired) electrons. The normalized spacial score (nSPS) is 25.3. The van der Waals surface area contributed by atoms with Gasteiger partial charge in [0.2, 0.25) is 0 Å². The average Bonchev–Trinajstić information content (AvgIpc) is 3.39. The molecule has 2 fully saturated rings. The van der Waals surface area contributed by atoms with E-state index in [-0.39, 0.29) is 23.7 Å². The molecular formula is C26H27F4N3O. The predicted octanol–water partition coefficient (Wildman–Crippen LogP) is 5.88. The number of aromatic nitrogens is 2. The number of alkyl halides is 3. The van der Waals surface area contributed by atoms with E-state index >= 15 is 0 Å². The van der Waals surface area contributed by atoms with Crippen LogP contribution in [0.4, 0.5) is 17.6 Å². The number of fused-ring (bicyclic) bond motifs is 1. The van der Waals surface area contributed by atoms with Gasteiger partial charge in [-0.25, -0.2) is 9.37 Å². The number of halogens is 4. The van der Waals surface area contributed by atoms with Crippen molar-refractivity contribution in [1.82, 2.24) is 14.5 Å². The van der Waals surface area contributed by atoms with E-state index in [1.54, 1.807) is 36.5 Å². The highest BCUT2D eigenvalue weighted by Crippen LogP contribution is 2.43. The lowest BCUT2D eigenvalue weighted by atomic mass is 9.77. The van der Waals surface area contributed by atoms with Gasteiger partial charge in [0.1, 0.15) is 11.9 Å². The zero-order valence-electron chi connectivity index (χ0n) is 18.9. The molecule has 8 heteroatoms. The summed E-state index contributed by atoms with van der Waals surface area (Å²) in [5.41, 5.74) is 0.242. The maximum absolute atomic E-state index is 14.3. The first-order valence-electron chi connectivity index (χ1n) is 11.6. The zero-order chi connectivity index (χ0) is 23.9. The summed E-state index contributed by atoms with van der Waals surface area (Å²) in [6, 6.07) is 11.9. The molecule has 0 bridgehead atoms. The molecule has 1 saturated carbocycles. The van der Waals surface area contributed by atoms with Crippen LogP contribution in [-0.4, -0.2) is 33.6 Å². The molecule has 2 heterocycles. The number of para-hydroxylation sites is 1. The summed E-state index contributed by atoms with van der Waals surface area (Å²) in [6.45, 7) is 4.29. The molecule has 2 aliphatic rings. The van der Waals surface area contributed by atoms with Crippen molar-refractivity contribution in [2.45, 2.75) is 44.6 Å². The molecule has 0 N–H and O–H groups in total. The molecule has 4 atom stereocenters. The minimum absolute atomic E-state index is 0.0365. The first-order valence-corrected chi connectivity index (χ1v) is 11.6. The van der Waals surface area contributed by atoms with Crippen LogP contribution in [-0.2, 0) is 12.7 Å². The third kappa shape index (κ3) is 4.69. The van der Waals surface area contributed by atoms with Crippen molar-refractivity contribution in [3.05, 3.63) is 83.7 Å². The number of likely N-dealkylation sites (tertiary alicyclic amines) is 1. The predicted molar refractivity (Wildman–Crippen MR) is 120 cm³/mol. The smallest absolute Gasteiger partial charge is 0.416 e. The van der Waals surface area contributed by atoms with Crippen LogP contribution in [0.3, 0.4) is 0 Å². The molecule has 1 aliphatic carbocycles. The van der Waals surface area contributed by atoms with Crippen LogP contribution in [0.25, 0.3) is 0 Å². The van der Waals surface area contributed by atoms with E-state index < -0.39 is 11.7 Å². The molecule has 34 heavy (non-hydrogen) atoms. The van der Waals surface area contributed by atoms with Crippen LogP contribution in [0.15, 0.2) is 60.9 Å². The van der Waals surface area contributed by atoms with Crippen LogP contribution in [0, 0.1) is 24.6 Å². The van der Waals surface area contributed by atoms with Gasteiger partial charge < -0.3 is 9.30 Å². The third-order valence-corrected chi connectivity index (χ3v) is 7.18. The van der Waals surface area contributed by atoms with Crippen LogP contribution in [0.2, 0.25) is 0 Å². The average molecular weight is 474 g/mol. The summed E-state index contributed by atoms with van der Waals surface area (Å²) < 4.78 is 61.3. The van der Waals surface area contributed by atoms with Crippen molar-refractivity contribution in [3.63, 3.8) is 0 Å². The van der Waals surface area contributed by atoms with Crippen LogP contribution in [0.1, 0.15) is 35.8 Å². The Labute approximate surface area is 196 Å². The van der Waals surface area contributed by atoms with E-state index in [0.29, 0.717) is 18.4 Å².